The Kier molecular flexibility index (Phi) is 6.36. The van der Waals surface area contributed by atoms with Crippen LogP contribution in [0.25, 0.3) is 0 Å². The van der Waals surface area contributed by atoms with Gasteiger partial charge in [-0.2, -0.15) is 0 Å². The summed E-state index contributed by atoms with van der Waals surface area (Å²) in [6.07, 6.45) is 1.76. The van der Waals surface area contributed by atoms with Crippen LogP contribution in [0.15, 0.2) is 36.5 Å². The van der Waals surface area contributed by atoms with E-state index >= 15 is 0 Å². The molecular formula is C19H26N4O2. The zero-order valence-electron chi connectivity index (χ0n) is 15.5. The van der Waals surface area contributed by atoms with Crippen LogP contribution in [0.1, 0.15) is 22.9 Å². The van der Waals surface area contributed by atoms with E-state index < -0.39 is 0 Å². The van der Waals surface area contributed by atoms with Gasteiger partial charge in [-0.3, -0.25) is 4.98 Å². The maximum atomic E-state index is 12.5. The van der Waals surface area contributed by atoms with E-state index in [9.17, 15) is 4.79 Å². The van der Waals surface area contributed by atoms with Gasteiger partial charge >= 0.3 is 6.03 Å². The average Bonchev–Trinajstić information content (AvgIpc) is 2.57. The van der Waals surface area contributed by atoms with Crippen molar-refractivity contribution in [3.8, 4) is 5.75 Å². The molecule has 2 aromatic rings. The van der Waals surface area contributed by atoms with Crippen LogP contribution in [0.2, 0.25) is 0 Å². The Hall–Kier alpha value is -2.60. The topological polar surface area (TPSA) is 66.5 Å². The number of hydrogen-bond acceptors (Lipinski definition) is 4. The summed E-state index contributed by atoms with van der Waals surface area (Å²) in [6, 6.07) is 9.22. The molecule has 0 aliphatic rings. The first-order valence-electron chi connectivity index (χ1n) is 8.18. The molecule has 6 heteroatoms. The molecule has 25 heavy (non-hydrogen) atoms. The van der Waals surface area contributed by atoms with Gasteiger partial charge in [0, 0.05) is 24.1 Å². The lowest BCUT2D eigenvalue weighted by atomic mass is 10.1. The second kappa shape index (κ2) is 8.48. The van der Waals surface area contributed by atoms with Gasteiger partial charge in [-0.25, -0.2) is 4.79 Å². The number of hydrogen-bond donors (Lipinski definition) is 2. The zero-order chi connectivity index (χ0) is 18.4. The number of carbonyl (C=O) groups excluding carboxylic acids is 1. The lowest BCUT2D eigenvalue weighted by Crippen LogP contribution is -2.37. The Morgan fingerprint density at radius 1 is 1.24 bits per heavy atom. The molecule has 0 bridgehead atoms. The molecule has 2 amide bonds. The lowest BCUT2D eigenvalue weighted by Gasteiger charge is -2.23. The minimum atomic E-state index is -0.239. The highest BCUT2D eigenvalue weighted by Crippen LogP contribution is 2.19. The number of ether oxygens (including phenoxy) is 1. The Morgan fingerprint density at radius 3 is 2.52 bits per heavy atom. The van der Waals surface area contributed by atoms with Gasteiger partial charge in [0.15, 0.2) is 0 Å². The van der Waals surface area contributed by atoms with Crippen molar-refractivity contribution in [2.45, 2.75) is 19.9 Å². The molecule has 134 valence electrons. The maximum Gasteiger partial charge on any atom is 0.319 e. The van der Waals surface area contributed by atoms with Crippen LogP contribution in [0.3, 0.4) is 0 Å². The molecule has 1 heterocycles. The highest BCUT2D eigenvalue weighted by Gasteiger charge is 2.16. The zero-order valence-corrected chi connectivity index (χ0v) is 15.5. The number of urea groups is 1. The number of pyridine rings is 1. The van der Waals surface area contributed by atoms with Gasteiger partial charge in [-0.1, -0.05) is 12.1 Å². The van der Waals surface area contributed by atoms with Crippen molar-refractivity contribution in [3.63, 3.8) is 0 Å². The molecule has 6 nitrogen and oxygen atoms in total. The third-order valence-corrected chi connectivity index (χ3v) is 3.86. The predicted molar refractivity (Wildman–Crippen MR) is 100 cm³/mol. The number of rotatable bonds is 6. The number of aryl methyl sites for hydroxylation is 2. The molecule has 0 aliphatic heterocycles. The van der Waals surface area contributed by atoms with Gasteiger partial charge in [0.1, 0.15) is 5.75 Å². The standard InChI is InChI=1S/C19H26N4O2/c1-13-11-20-14(2)10-17(13)21-19(24)22-18(12-23(3)4)15-6-8-16(25-5)9-7-15/h6-11,18H,12H2,1-5H3,(H2,20,21,22,24)/t18-/m1/s1. The second-order valence-electron chi connectivity index (χ2n) is 6.33. The van der Waals surface area contributed by atoms with E-state index in [1.165, 1.54) is 0 Å². The van der Waals surface area contributed by atoms with Crippen molar-refractivity contribution in [1.29, 1.82) is 0 Å². The molecule has 0 unspecified atom stereocenters. The summed E-state index contributed by atoms with van der Waals surface area (Å²) < 4.78 is 5.20. The number of benzene rings is 1. The fraction of sp³-hybridized carbons (Fsp3) is 0.368. The van der Waals surface area contributed by atoms with Crippen molar-refractivity contribution in [3.05, 3.63) is 53.3 Å². The Morgan fingerprint density at radius 2 is 1.92 bits per heavy atom. The first kappa shape index (κ1) is 18.7. The summed E-state index contributed by atoms with van der Waals surface area (Å²) in [5, 5.41) is 5.96. The van der Waals surface area contributed by atoms with E-state index in [4.69, 9.17) is 4.74 Å². The molecular weight excluding hydrogens is 316 g/mol. The van der Waals surface area contributed by atoms with E-state index in [1.54, 1.807) is 13.3 Å². The summed E-state index contributed by atoms with van der Waals surface area (Å²) in [7, 11) is 5.59. The van der Waals surface area contributed by atoms with Gasteiger partial charge in [0.2, 0.25) is 0 Å². The number of anilines is 1. The van der Waals surface area contributed by atoms with Gasteiger partial charge in [-0.05, 0) is 57.3 Å². The Labute approximate surface area is 149 Å². The molecule has 1 aromatic heterocycles. The SMILES string of the molecule is COc1ccc([C@@H](CN(C)C)NC(=O)Nc2cc(C)ncc2C)cc1. The lowest BCUT2D eigenvalue weighted by molar-refractivity contribution is 0.244. The van der Waals surface area contributed by atoms with Gasteiger partial charge in [0.25, 0.3) is 0 Å². The van der Waals surface area contributed by atoms with Gasteiger partial charge in [0.05, 0.1) is 13.2 Å². The Bertz CT molecular complexity index is 714. The highest BCUT2D eigenvalue weighted by atomic mass is 16.5. The van der Waals surface area contributed by atoms with E-state index in [-0.39, 0.29) is 12.1 Å². The molecule has 2 N–H and O–H groups in total. The fourth-order valence-electron chi connectivity index (χ4n) is 2.52. The van der Waals surface area contributed by atoms with Crippen LogP contribution in [-0.4, -0.2) is 43.7 Å². The molecule has 0 spiro atoms. The maximum absolute atomic E-state index is 12.5. The summed E-state index contributed by atoms with van der Waals surface area (Å²) in [6.45, 7) is 4.51. The minimum Gasteiger partial charge on any atom is -0.497 e. The van der Waals surface area contributed by atoms with E-state index in [0.29, 0.717) is 6.54 Å². The van der Waals surface area contributed by atoms with Crippen molar-refractivity contribution in [2.75, 3.05) is 33.1 Å². The summed E-state index contributed by atoms with van der Waals surface area (Å²) >= 11 is 0. The summed E-state index contributed by atoms with van der Waals surface area (Å²) in [4.78, 5) is 18.7. The number of methoxy groups -OCH3 is 1. The molecule has 0 saturated carbocycles. The van der Waals surface area contributed by atoms with Crippen LogP contribution in [0, 0.1) is 13.8 Å². The van der Waals surface area contributed by atoms with Crippen LogP contribution < -0.4 is 15.4 Å². The average molecular weight is 342 g/mol. The van der Waals surface area contributed by atoms with E-state index in [2.05, 4.69) is 15.6 Å². The summed E-state index contributed by atoms with van der Waals surface area (Å²) in [5.41, 5.74) is 3.57. The van der Waals surface area contributed by atoms with Crippen LogP contribution in [0.5, 0.6) is 5.75 Å². The van der Waals surface area contributed by atoms with E-state index in [0.717, 1.165) is 28.3 Å². The van der Waals surface area contributed by atoms with E-state index in [1.807, 2.05) is 63.2 Å². The molecule has 2 rings (SSSR count). The summed E-state index contributed by atoms with van der Waals surface area (Å²) in [5.74, 6) is 0.791. The molecule has 0 aliphatic carbocycles. The number of nitrogens with zero attached hydrogens (tertiary/aromatic N) is 2. The molecule has 1 atom stereocenters. The number of likely N-dealkylation sites (N-methyl/N-ethyl adjacent to an activating group) is 1. The van der Waals surface area contributed by atoms with Crippen LogP contribution >= 0.6 is 0 Å². The number of aromatic nitrogens is 1. The Balaban J connectivity index is 2.12. The quantitative estimate of drug-likeness (QED) is 0.846. The highest BCUT2D eigenvalue weighted by molar-refractivity contribution is 5.90. The molecule has 0 saturated heterocycles. The van der Waals surface area contributed by atoms with Crippen LogP contribution in [-0.2, 0) is 0 Å². The fourth-order valence-corrected chi connectivity index (χ4v) is 2.52. The van der Waals surface area contributed by atoms with Gasteiger partial charge < -0.3 is 20.3 Å². The predicted octanol–water partition coefficient (Wildman–Crippen LogP) is 3.13. The van der Waals surface area contributed by atoms with Gasteiger partial charge in [-0.15, -0.1) is 0 Å². The van der Waals surface area contributed by atoms with Crippen molar-refractivity contribution in [1.82, 2.24) is 15.2 Å². The molecule has 1 aromatic carbocycles. The third-order valence-electron chi connectivity index (χ3n) is 3.86. The molecule has 0 fully saturated rings. The second-order valence-corrected chi connectivity index (χ2v) is 6.33. The third kappa shape index (κ3) is 5.46. The normalized spacial score (nSPS) is 11.9. The van der Waals surface area contributed by atoms with Crippen LogP contribution in [0.4, 0.5) is 10.5 Å². The largest absolute Gasteiger partial charge is 0.497 e. The van der Waals surface area contributed by atoms with Crippen molar-refractivity contribution >= 4 is 11.7 Å². The number of nitrogens with one attached hydrogen (secondary N) is 2. The number of amides is 2. The molecule has 0 radical (unpaired) electrons. The van der Waals surface area contributed by atoms with Crippen molar-refractivity contribution in [2.24, 2.45) is 0 Å². The first-order chi connectivity index (χ1) is 11.9. The monoisotopic (exact) mass is 342 g/mol. The first-order valence-corrected chi connectivity index (χ1v) is 8.18. The minimum absolute atomic E-state index is 0.135. The number of carbonyl (C=O) groups is 1. The smallest absolute Gasteiger partial charge is 0.319 e. The van der Waals surface area contributed by atoms with Crippen molar-refractivity contribution < 1.29 is 9.53 Å².